The predicted octanol–water partition coefficient (Wildman–Crippen LogP) is 1.89. The summed E-state index contributed by atoms with van der Waals surface area (Å²) >= 11 is 5.76. The van der Waals surface area contributed by atoms with Gasteiger partial charge in [-0.25, -0.2) is 9.97 Å². The molecule has 0 aliphatic heterocycles. The van der Waals surface area contributed by atoms with E-state index in [0.717, 1.165) is 11.4 Å². The van der Waals surface area contributed by atoms with Crippen LogP contribution < -0.4 is 5.73 Å². The molecule has 3 nitrogen and oxygen atoms in total. The van der Waals surface area contributed by atoms with Crippen LogP contribution in [0.2, 0.25) is 5.28 Å². The lowest BCUT2D eigenvalue weighted by molar-refractivity contribution is 0.565. The Kier molecular flexibility index (Phi) is 2.88. The van der Waals surface area contributed by atoms with Crippen molar-refractivity contribution in [1.82, 2.24) is 9.97 Å². The molecule has 0 saturated heterocycles. The van der Waals surface area contributed by atoms with Gasteiger partial charge in [0.25, 0.3) is 0 Å². The Bertz CT molecular complexity index is 304. The smallest absolute Gasteiger partial charge is 0.222 e. The van der Waals surface area contributed by atoms with Crippen LogP contribution in [0.5, 0.6) is 0 Å². The minimum absolute atomic E-state index is 0.0174. The number of hydrogen-bond acceptors (Lipinski definition) is 3. The summed E-state index contributed by atoms with van der Waals surface area (Å²) in [5.41, 5.74) is 7.17. The molecule has 0 spiro atoms. The first-order valence-electron chi connectivity index (χ1n) is 4.17. The van der Waals surface area contributed by atoms with Gasteiger partial charge in [0.1, 0.15) is 0 Å². The average molecular weight is 200 g/mol. The third-order valence-electron chi connectivity index (χ3n) is 1.73. The van der Waals surface area contributed by atoms with Gasteiger partial charge in [-0.1, -0.05) is 20.8 Å². The van der Waals surface area contributed by atoms with Crippen LogP contribution >= 0.6 is 11.6 Å². The van der Waals surface area contributed by atoms with Crippen molar-refractivity contribution in [3.05, 3.63) is 22.7 Å². The monoisotopic (exact) mass is 199 g/mol. The van der Waals surface area contributed by atoms with Crippen LogP contribution in [0.15, 0.2) is 6.07 Å². The van der Waals surface area contributed by atoms with E-state index in [1.54, 1.807) is 0 Å². The zero-order valence-corrected chi connectivity index (χ0v) is 8.89. The highest BCUT2D eigenvalue weighted by molar-refractivity contribution is 6.28. The molecular formula is C9H14ClN3. The van der Waals surface area contributed by atoms with Gasteiger partial charge in [-0.15, -0.1) is 0 Å². The van der Waals surface area contributed by atoms with E-state index >= 15 is 0 Å². The summed E-state index contributed by atoms with van der Waals surface area (Å²) in [5, 5.41) is 0.271. The molecule has 1 heterocycles. The normalized spacial score (nSPS) is 11.8. The van der Waals surface area contributed by atoms with Crippen molar-refractivity contribution in [3.8, 4) is 0 Å². The lowest BCUT2D eigenvalue weighted by Crippen LogP contribution is -2.15. The quantitative estimate of drug-likeness (QED) is 0.703. The third-order valence-corrected chi connectivity index (χ3v) is 1.90. The summed E-state index contributed by atoms with van der Waals surface area (Å²) in [5.74, 6) is 0. The standard InChI is InChI=1S/C9H14ClN3/c1-9(2,3)7-4-6(5-11)12-8(10)13-7/h4H,5,11H2,1-3H3. The van der Waals surface area contributed by atoms with E-state index in [1.165, 1.54) is 0 Å². The fourth-order valence-electron chi connectivity index (χ4n) is 0.954. The number of nitrogens with two attached hydrogens (primary N) is 1. The Morgan fingerprint density at radius 2 is 2.00 bits per heavy atom. The van der Waals surface area contributed by atoms with Gasteiger partial charge >= 0.3 is 0 Å². The number of nitrogens with zero attached hydrogens (tertiary/aromatic N) is 2. The van der Waals surface area contributed by atoms with Gasteiger partial charge in [0, 0.05) is 12.0 Å². The van der Waals surface area contributed by atoms with Crippen molar-refractivity contribution < 1.29 is 0 Å². The first-order chi connectivity index (χ1) is 5.93. The van der Waals surface area contributed by atoms with Gasteiger partial charge in [-0.3, -0.25) is 0 Å². The molecule has 0 amide bonds. The van der Waals surface area contributed by atoms with Crippen LogP contribution in [0.1, 0.15) is 32.2 Å². The van der Waals surface area contributed by atoms with Crippen molar-refractivity contribution in [3.63, 3.8) is 0 Å². The maximum absolute atomic E-state index is 5.76. The molecular weight excluding hydrogens is 186 g/mol. The Labute approximate surface area is 83.3 Å². The molecule has 0 fully saturated rings. The Morgan fingerprint density at radius 3 is 2.46 bits per heavy atom. The molecule has 1 rings (SSSR count). The van der Waals surface area contributed by atoms with Crippen molar-refractivity contribution in [2.75, 3.05) is 0 Å². The zero-order chi connectivity index (χ0) is 10.1. The molecule has 0 aliphatic rings. The van der Waals surface area contributed by atoms with E-state index in [1.807, 2.05) is 6.07 Å². The van der Waals surface area contributed by atoms with E-state index in [4.69, 9.17) is 17.3 Å². The number of hydrogen-bond donors (Lipinski definition) is 1. The highest BCUT2D eigenvalue weighted by atomic mass is 35.5. The number of halogens is 1. The van der Waals surface area contributed by atoms with E-state index in [-0.39, 0.29) is 10.7 Å². The SMILES string of the molecule is CC(C)(C)c1cc(CN)nc(Cl)n1. The summed E-state index contributed by atoms with van der Waals surface area (Å²) in [6.45, 7) is 6.62. The molecule has 72 valence electrons. The van der Waals surface area contributed by atoms with Gasteiger partial charge in [-0.2, -0.15) is 0 Å². The van der Waals surface area contributed by atoms with Crippen molar-refractivity contribution in [2.24, 2.45) is 5.73 Å². The number of aromatic nitrogens is 2. The molecule has 4 heteroatoms. The Morgan fingerprint density at radius 1 is 1.38 bits per heavy atom. The molecule has 0 saturated carbocycles. The zero-order valence-electron chi connectivity index (χ0n) is 8.13. The van der Waals surface area contributed by atoms with Crippen molar-refractivity contribution in [2.45, 2.75) is 32.7 Å². The molecule has 0 radical (unpaired) electrons. The molecule has 0 bridgehead atoms. The van der Waals surface area contributed by atoms with Crippen molar-refractivity contribution >= 4 is 11.6 Å². The third kappa shape index (κ3) is 2.64. The van der Waals surface area contributed by atoms with Gasteiger partial charge in [-0.05, 0) is 17.7 Å². The first-order valence-corrected chi connectivity index (χ1v) is 4.55. The van der Waals surface area contributed by atoms with Crippen LogP contribution in [0, 0.1) is 0 Å². The first kappa shape index (κ1) is 10.4. The number of rotatable bonds is 1. The minimum atomic E-state index is -0.0174. The molecule has 1 aromatic heterocycles. The fraction of sp³-hybridized carbons (Fsp3) is 0.556. The molecule has 1 aromatic rings. The van der Waals surface area contributed by atoms with Crippen LogP contribution in [-0.4, -0.2) is 9.97 Å². The van der Waals surface area contributed by atoms with Crippen LogP contribution in [0.4, 0.5) is 0 Å². The largest absolute Gasteiger partial charge is 0.325 e. The van der Waals surface area contributed by atoms with Crippen LogP contribution in [0.25, 0.3) is 0 Å². The van der Waals surface area contributed by atoms with Gasteiger partial charge in [0.05, 0.1) is 11.4 Å². The highest BCUT2D eigenvalue weighted by Gasteiger charge is 2.16. The molecule has 2 N–H and O–H groups in total. The Hall–Kier alpha value is -0.670. The van der Waals surface area contributed by atoms with Crippen LogP contribution in [0.3, 0.4) is 0 Å². The summed E-state index contributed by atoms with van der Waals surface area (Å²) in [6, 6.07) is 1.89. The van der Waals surface area contributed by atoms with E-state index in [2.05, 4.69) is 30.7 Å². The van der Waals surface area contributed by atoms with Crippen molar-refractivity contribution in [1.29, 1.82) is 0 Å². The molecule has 0 unspecified atom stereocenters. The second kappa shape index (κ2) is 3.60. The van der Waals surface area contributed by atoms with Crippen LogP contribution in [-0.2, 0) is 12.0 Å². The maximum atomic E-state index is 5.76. The Balaban J connectivity index is 3.16. The van der Waals surface area contributed by atoms with Gasteiger partial charge in [0.15, 0.2) is 0 Å². The maximum Gasteiger partial charge on any atom is 0.222 e. The molecule has 0 atom stereocenters. The molecule has 0 aromatic carbocycles. The highest BCUT2D eigenvalue weighted by Crippen LogP contribution is 2.21. The van der Waals surface area contributed by atoms with E-state index in [9.17, 15) is 0 Å². The predicted molar refractivity (Wildman–Crippen MR) is 53.6 cm³/mol. The average Bonchev–Trinajstić information content (AvgIpc) is 2.01. The summed E-state index contributed by atoms with van der Waals surface area (Å²) in [6.07, 6.45) is 0. The van der Waals surface area contributed by atoms with E-state index in [0.29, 0.717) is 6.54 Å². The summed E-state index contributed by atoms with van der Waals surface area (Å²) in [4.78, 5) is 8.15. The lowest BCUT2D eigenvalue weighted by Gasteiger charge is -2.18. The topological polar surface area (TPSA) is 51.8 Å². The second-order valence-electron chi connectivity index (χ2n) is 3.97. The second-order valence-corrected chi connectivity index (χ2v) is 4.31. The summed E-state index contributed by atoms with van der Waals surface area (Å²) in [7, 11) is 0. The van der Waals surface area contributed by atoms with Gasteiger partial charge < -0.3 is 5.73 Å². The summed E-state index contributed by atoms with van der Waals surface area (Å²) < 4.78 is 0. The minimum Gasteiger partial charge on any atom is -0.325 e. The molecule has 0 aliphatic carbocycles. The molecule has 13 heavy (non-hydrogen) atoms. The van der Waals surface area contributed by atoms with Gasteiger partial charge in [0.2, 0.25) is 5.28 Å². The van der Waals surface area contributed by atoms with E-state index < -0.39 is 0 Å². The lowest BCUT2D eigenvalue weighted by atomic mass is 9.91. The fourth-order valence-corrected chi connectivity index (χ4v) is 1.15.